The van der Waals surface area contributed by atoms with Crippen LogP contribution in [-0.2, 0) is 36.0 Å². The third kappa shape index (κ3) is 14.7. The van der Waals surface area contributed by atoms with Gasteiger partial charge in [-0.05, 0) is 41.2 Å². The Morgan fingerprint density at radius 2 is 1.31 bits per heavy atom. The first-order chi connectivity index (χ1) is 18.5. The molecular formula is C32H54O5S2. The van der Waals surface area contributed by atoms with Gasteiger partial charge < -0.3 is 14.6 Å². The first kappa shape index (κ1) is 35.7. The number of unbranched alkanes of at least 4 members (excludes halogenated alkanes) is 2. The van der Waals surface area contributed by atoms with Crippen LogP contribution in [0, 0.1) is 11.8 Å². The Hall–Kier alpha value is -1.34. The summed E-state index contributed by atoms with van der Waals surface area (Å²) in [4.78, 5) is 24.6. The number of rotatable bonds is 20. The van der Waals surface area contributed by atoms with Crippen molar-refractivity contribution in [2.45, 2.75) is 117 Å². The first-order valence-electron chi connectivity index (χ1n) is 14.9. The number of benzene rings is 1. The molecule has 0 bridgehead atoms. The van der Waals surface area contributed by atoms with Crippen LogP contribution in [0.25, 0.3) is 0 Å². The molecule has 39 heavy (non-hydrogen) atoms. The molecule has 1 N–H and O–H groups in total. The molecule has 1 aromatic carbocycles. The molecule has 0 aliphatic carbocycles. The molecule has 224 valence electrons. The molecule has 1 aromatic rings. The number of phenols is 1. The van der Waals surface area contributed by atoms with Gasteiger partial charge in [0.1, 0.15) is 5.75 Å². The number of carbonyl (C=O) groups is 2. The van der Waals surface area contributed by atoms with Crippen molar-refractivity contribution in [3.05, 3.63) is 28.8 Å². The number of aromatic hydroxyl groups is 1. The fraction of sp³-hybridized carbons (Fsp3) is 0.750. The van der Waals surface area contributed by atoms with E-state index >= 15 is 0 Å². The zero-order valence-electron chi connectivity index (χ0n) is 25.6. The predicted octanol–water partition coefficient (Wildman–Crippen LogP) is 8.68. The van der Waals surface area contributed by atoms with Crippen LogP contribution in [0.3, 0.4) is 0 Å². The predicted molar refractivity (Wildman–Crippen MR) is 168 cm³/mol. The maximum absolute atomic E-state index is 12.3. The van der Waals surface area contributed by atoms with Crippen molar-refractivity contribution < 1.29 is 24.2 Å². The Kier molecular flexibility index (Phi) is 18.0. The number of hydrogen-bond donors (Lipinski definition) is 1. The molecule has 5 nitrogen and oxygen atoms in total. The summed E-state index contributed by atoms with van der Waals surface area (Å²) in [5.74, 6) is 2.54. The van der Waals surface area contributed by atoms with E-state index in [1.165, 1.54) is 29.9 Å². The average molecular weight is 583 g/mol. The minimum atomic E-state index is -0.233. The summed E-state index contributed by atoms with van der Waals surface area (Å²) in [5, 5.41) is 11.0. The quantitative estimate of drug-likeness (QED) is 0.154. The lowest BCUT2D eigenvalue weighted by molar-refractivity contribution is -0.142. The van der Waals surface area contributed by atoms with Crippen molar-refractivity contribution in [2.75, 3.05) is 24.7 Å². The van der Waals surface area contributed by atoms with Crippen LogP contribution < -0.4 is 0 Å². The Bertz CT molecular complexity index is 850. The SMILES string of the molecule is CCCCC(CC)COC(=O)CSCc1cc(CSCC(=O)OCC(CC)CCCC)c(O)c(C(C)(C)C)c1. The van der Waals surface area contributed by atoms with Crippen molar-refractivity contribution in [1.29, 1.82) is 0 Å². The summed E-state index contributed by atoms with van der Waals surface area (Å²) in [6.45, 7) is 15.9. The van der Waals surface area contributed by atoms with E-state index in [9.17, 15) is 14.7 Å². The second-order valence-corrected chi connectivity index (χ2v) is 13.6. The van der Waals surface area contributed by atoms with Gasteiger partial charge in [0.15, 0.2) is 0 Å². The maximum Gasteiger partial charge on any atom is 0.315 e. The van der Waals surface area contributed by atoms with Crippen LogP contribution >= 0.6 is 23.5 Å². The number of hydrogen-bond acceptors (Lipinski definition) is 7. The van der Waals surface area contributed by atoms with Gasteiger partial charge in [-0.1, -0.05) is 99.1 Å². The molecule has 0 aromatic heterocycles. The number of phenolic OH excluding ortho intramolecular Hbond substituents is 1. The zero-order valence-corrected chi connectivity index (χ0v) is 27.2. The summed E-state index contributed by atoms with van der Waals surface area (Å²) in [6, 6.07) is 4.03. The summed E-state index contributed by atoms with van der Waals surface area (Å²) >= 11 is 3.00. The van der Waals surface area contributed by atoms with Gasteiger partial charge in [0.05, 0.1) is 24.7 Å². The molecular weight excluding hydrogens is 528 g/mol. The second kappa shape index (κ2) is 19.7. The zero-order chi connectivity index (χ0) is 29.3. The number of carbonyl (C=O) groups excluding carboxylic acids is 2. The van der Waals surface area contributed by atoms with Crippen LogP contribution in [-0.4, -0.2) is 41.8 Å². The fourth-order valence-corrected chi connectivity index (χ4v) is 5.87. The van der Waals surface area contributed by atoms with Gasteiger partial charge in [-0.25, -0.2) is 0 Å². The highest BCUT2D eigenvalue weighted by atomic mass is 32.2. The number of thioether (sulfide) groups is 2. The lowest BCUT2D eigenvalue weighted by atomic mass is 9.84. The minimum Gasteiger partial charge on any atom is -0.507 e. The summed E-state index contributed by atoms with van der Waals surface area (Å²) in [6.07, 6.45) is 8.89. The van der Waals surface area contributed by atoms with Gasteiger partial charge in [-0.15, -0.1) is 23.5 Å². The van der Waals surface area contributed by atoms with Crippen LogP contribution in [0.2, 0.25) is 0 Å². The summed E-state index contributed by atoms with van der Waals surface area (Å²) in [5.41, 5.74) is 2.52. The van der Waals surface area contributed by atoms with Crippen LogP contribution in [0.15, 0.2) is 12.1 Å². The normalized spacial score (nSPS) is 13.2. The first-order valence-corrected chi connectivity index (χ1v) is 17.2. The smallest absolute Gasteiger partial charge is 0.315 e. The van der Waals surface area contributed by atoms with Crippen molar-refractivity contribution in [3.63, 3.8) is 0 Å². The largest absolute Gasteiger partial charge is 0.507 e. The fourth-order valence-electron chi connectivity index (χ4n) is 4.32. The topological polar surface area (TPSA) is 72.8 Å². The van der Waals surface area contributed by atoms with E-state index in [0.717, 1.165) is 61.6 Å². The Morgan fingerprint density at radius 1 is 0.821 bits per heavy atom. The summed E-state index contributed by atoms with van der Waals surface area (Å²) in [7, 11) is 0. The van der Waals surface area contributed by atoms with Crippen molar-refractivity contribution in [3.8, 4) is 5.75 Å². The van der Waals surface area contributed by atoms with Gasteiger partial charge in [0.2, 0.25) is 0 Å². The minimum absolute atomic E-state index is 0.168. The van der Waals surface area contributed by atoms with E-state index in [1.54, 1.807) is 0 Å². The summed E-state index contributed by atoms with van der Waals surface area (Å²) < 4.78 is 11.1. The van der Waals surface area contributed by atoms with Gasteiger partial charge in [0, 0.05) is 17.1 Å². The lowest BCUT2D eigenvalue weighted by Crippen LogP contribution is -2.16. The Morgan fingerprint density at radius 3 is 1.74 bits per heavy atom. The molecule has 1 rings (SSSR count). The molecule has 0 amide bonds. The van der Waals surface area contributed by atoms with Gasteiger partial charge in [-0.2, -0.15) is 0 Å². The van der Waals surface area contributed by atoms with E-state index in [0.29, 0.717) is 48.1 Å². The van der Waals surface area contributed by atoms with Gasteiger partial charge in [-0.3, -0.25) is 9.59 Å². The van der Waals surface area contributed by atoms with E-state index < -0.39 is 0 Å². The molecule has 0 heterocycles. The second-order valence-electron chi connectivity index (χ2n) is 11.6. The maximum atomic E-state index is 12.3. The molecule has 0 fully saturated rings. The molecule has 2 atom stereocenters. The van der Waals surface area contributed by atoms with E-state index in [1.807, 2.05) is 12.1 Å². The number of esters is 2. The van der Waals surface area contributed by atoms with Gasteiger partial charge in [0.25, 0.3) is 0 Å². The highest BCUT2D eigenvalue weighted by Gasteiger charge is 2.22. The van der Waals surface area contributed by atoms with Crippen LogP contribution in [0.1, 0.15) is 117 Å². The molecule has 0 aliphatic heterocycles. The molecule has 0 saturated carbocycles. The third-order valence-electron chi connectivity index (χ3n) is 7.07. The van der Waals surface area contributed by atoms with Crippen LogP contribution in [0.5, 0.6) is 5.75 Å². The Balaban J connectivity index is 2.68. The van der Waals surface area contributed by atoms with E-state index in [2.05, 4.69) is 48.5 Å². The highest BCUT2D eigenvalue weighted by molar-refractivity contribution is 7.99. The standard InChI is InChI=1S/C32H54O5S2/c1-8-12-14-24(10-3)18-36-29(33)22-38-20-26-16-27(31(35)28(17-26)32(5,6)7)21-39-23-30(34)37-19-25(11-4)15-13-9-2/h16-17,24-25,35H,8-15,18-23H2,1-7H3. The average Bonchev–Trinajstić information content (AvgIpc) is 2.89. The molecule has 0 saturated heterocycles. The molecule has 0 spiro atoms. The van der Waals surface area contributed by atoms with E-state index in [4.69, 9.17) is 9.47 Å². The lowest BCUT2D eigenvalue weighted by Gasteiger charge is -2.23. The molecule has 7 heteroatoms. The number of ether oxygens (including phenoxy) is 2. The third-order valence-corrected chi connectivity index (χ3v) is 9.00. The van der Waals surface area contributed by atoms with Crippen molar-refractivity contribution in [2.24, 2.45) is 11.8 Å². The Labute approximate surface area is 247 Å². The molecule has 0 radical (unpaired) electrons. The van der Waals surface area contributed by atoms with Crippen molar-refractivity contribution in [1.82, 2.24) is 0 Å². The molecule has 2 unspecified atom stereocenters. The highest BCUT2D eigenvalue weighted by Crippen LogP contribution is 2.37. The van der Waals surface area contributed by atoms with Crippen molar-refractivity contribution >= 4 is 35.5 Å². The monoisotopic (exact) mass is 582 g/mol. The van der Waals surface area contributed by atoms with E-state index in [-0.39, 0.29) is 23.1 Å². The van der Waals surface area contributed by atoms with Gasteiger partial charge >= 0.3 is 11.9 Å². The van der Waals surface area contributed by atoms with Crippen LogP contribution in [0.4, 0.5) is 0 Å². The molecule has 0 aliphatic rings.